The largest absolute Gasteiger partial charge is 0.399 e. The molecule has 4 radical (unpaired) electrons. The van der Waals surface area contributed by atoms with Crippen LogP contribution in [0.15, 0.2) is 297 Å². The van der Waals surface area contributed by atoms with E-state index < -0.39 is 0 Å². The summed E-state index contributed by atoms with van der Waals surface area (Å²) in [7, 11) is 8.00. The van der Waals surface area contributed by atoms with Crippen molar-refractivity contribution < 1.29 is 0 Å². The lowest BCUT2D eigenvalue weighted by Gasteiger charge is -2.11. The monoisotopic (exact) mass is 1210 g/mol. The molecule has 11 aromatic carbocycles. The molecular weight excluding hydrogens is 1160 g/mol. The van der Waals surface area contributed by atoms with E-state index in [9.17, 15) is 0 Å². The summed E-state index contributed by atoms with van der Waals surface area (Å²) in [6.45, 7) is 2.15. The van der Waals surface area contributed by atoms with Gasteiger partial charge in [0, 0.05) is 39.1 Å². The Kier molecular flexibility index (Phi) is 21.3. The van der Waals surface area contributed by atoms with Gasteiger partial charge in [-0.3, -0.25) is 0 Å². The van der Waals surface area contributed by atoms with Gasteiger partial charge in [0.25, 0.3) is 0 Å². The van der Waals surface area contributed by atoms with Gasteiger partial charge in [0.2, 0.25) is 0 Å². The smallest absolute Gasteiger partial charge is 0.0314 e. The van der Waals surface area contributed by atoms with Gasteiger partial charge in [-0.25, -0.2) is 0 Å². The normalized spacial score (nSPS) is 10.1. The lowest BCUT2D eigenvalue weighted by atomic mass is 9.81. The summed E-state index contributed by atoms with van der Waals surface area (Å²) in [5, 5.41) is 0. The molecule has 2 N–H and O–H groups in total. The number of nitrogens with two attached hydrogens (primary N) is 1. The molecule has 0 saturated carbocycles. The number of hydrogen-bond donors (Lipinski definition) is 1. The Balaban J connectivity index is 0.000000149. The lowest BCUT2D eigenvalue weighted by molar-refractivity contribution is 1.46. The van der Waals surface area contributed by atoms with Gasteiger partial charge in [0.1, 0.15) is 0 Å². The first kappa shape index (κ1) is 55.0. The summed E-state index contributed by atoms with van der Waals surface area (Å²) in [5.41, 5.74) is 25.2. The predicted molar refractivity (Wildman–Crippen MR) is 335 cm³/mol. The van der Waals surface area contributed by atoms with Crippen molar-refractivity contribution in [1.82, 2.24) is 0 Å². The Morgan fingerprint density at radius 2 is 0.419 bits per heavy atom. The van der Waals surface area contributed by atoms with Crippen LogP contribution in [0.1, 0.15) is 5.56 Å². The first-order chi connectivity index (χ1) is 36.1. The number of benzene rings is 11. The molecule has 0 unspecified atom stereocenters. The van der Waals surface area contributed by atoms with Gasteiger partial charge in [0.15, 0.2) is 0 Å². The zero-order valence-electron chi connectivity index (χ0n) is 40.8. The fourth-order valence-corrected chi connectivity index (χ4v) is 11.0. The van der Waals surface area contributed by atoms with E-state index in [1.807, 2.05) is 54.6 Å². The molecule has 11 rings (SSSR count). The maximum Gasteiger partial charge on any atom is 0.0314 e. The van der Waals surface area contributed by atoms with Crippen molar-refractivity contribution in [2.45, 2.75) is 6.92 Å². The maximum absolute atomic E-state index is 5.85. The Morgan fingerprint density at radius 3 is 0.662 bits per heavy atom. The Bertz CT molecular complexity index is 3090. The zero-order valence-corrected chi connectivity index (χ0v) is 47.1. The Morgan fingerprint density at radius 1 is 0.230 bits per heavy atom. The highest BCUT2D eigenvalue weighted by Crippen LogP contribution is 2.34. The average molecular weight is 1210 g/mol. The van der Waals surface area contributed by atoms with Crippen LogP contribution in [-0.4, -0.2) is 15.5 Å². The Labute approximate surface area is 473 Å². The molecule has 0 aromatic heterocycles. The molecule has 0 spiro atoms. The van der Waals surface area contributed by atoms with Crippen LogP contribution in [-0.2, 0) is 0 Å². The fraction of sp³-hybridized carbons (Fsp3) is 0.0149. The Hall–Kier alpha value is -6.73. The van der Waals surface area contributed by atoms with Crippen LogP contribution in [0, 0.1) is 6.92 Å². The molecule has 0 fully saturated rings. The highest BCUT2D eigenvalue weighted by molar-refractivity contribution is 9.11. The third kappa shape index (κ3) is 16.6. The first-order valence-electron chi connectivity index (χ1n) is 23.8. The highest BCUT2D eigenvalue weighted by Gasteiger charge is 2.08. The van der Waals surface area contributed by atoms with Crippen molar-refractivity contribution in [3.05, 3.63) is 303 Å². The second kappa shape index (κ2) is 28.6. The van der Waals surface area contributed by atoms with Crippen molar-refractivity contribution in [2.75, 3.05) is 5.73 Å². The lowest BCUT2D eigenvalue weighted by Crippen LogP contribution is -1.87. The standard InChI is InChI=1S/C24H19N.C19H16.C18H13Br.C6H3Br3.B2/c25-24-13-11-20(12-14-24)23-16-21(18-7-3-1-4-8-18)15-22(17-23)19-9-5-2-6-10-19;1-15-12-18(16-8-4-2-5-9-16)14-19(13-15)17-10-6-3-7-11-17;19-18-12-16(14-7-3-1-4-8-14)11-17(13-18)15-9-5-2-6-10-15;7-4-1-5(8)3-6(9)2-4;1-2/h1-17H,25H2;2-14H,1H3;1-13H;1-3H;. The minimum Gasteiger partial charge on any atom is -0.399 e. The molecule has 0 atom stereocenters. The summed E-state index contributed by atoms with van der Waals surface area (Å²) in [6.07, 6.45) is 0. The van der Waals surface area contributed by atoms with E-state index >= 15 is 0 Å². The van der Waals surface area contributed by atoms with E-state index in [4.69, 9.17) is 5.73 Å². The van der Waals surface area contributed by atoms with Crippen LogP contribution in [0.4, 0.5) is 5.69 Å². The van der Waals surface area contributed by atoms with Gasteiger partial charge in [-0.15, -0.1) is 0 Å². The molecule has 0 aliphatic heterocycles. The number of nitrogen functional groups attached to an aromatic ring is 1. The second-order valence-corrected chi connectivity index (χ2v) is 20.7. The van der Waals surface area contributed by atoms with Crippen molar-refractivity contribution >= 4 is 84.9 Å². The minimum atomic E-state index is 0.784. The van der Waals surface area contributed by atoms with Crippen LogP contribution >= 0.6 is 63.7 Å². The summed E-state index contributed by atoms with van der Waals surface area (Å²) < 4.78 is 4.32. The molecule has 0 bridgehead atoms. The summed E-state index contributed by atoms with van der Waals surface area (Å²) in [4.78, 5) is 0. The highest BCUT2D eigenvalue weighted by atomic mass is 79.9. The SMILES string of the molecule is Brc1cc(-c2ccccc2)cc(-c2ccccc2)c1.Brc1cc(Br)cc(Br)c1.Cc1cc(-c2ccccc2)cc(-c2ccccc2)c1.Nc1ccc(-c2cc(-c3ccccc3)cc(-c3ccccc3)c2)cc1.[B][B]. The molecular formula is C67H51B2Br4N. The van der Waals surface area contributed by atoms with E-state index in [1.54, 1.807) is 0 Å². The quantitative estimate of drug-likeness (QED) is 0.125. The van der Waals surface area contributed by atoms with Crippen LogP contribution in [0.2, 0.25) is 0 Å². The molecule has 0 aliphatic rings. The molecule has 0 saturated heterocycles. The second-order valence-electron chi connectivity index (χ2n) is 17.0. The van der Waals surface area contributed by atoms with Crippen LogP contribution < -0.4 is 5.73 Å². The maximum atomic E-state index is 5.85. The molecule has 0 heterocycles. The molecule has 1 nitrogen and oxygen atoms in total. The fourth-order valence-electron chi connectivity index (χ4n) is 8.15. The van der Waals surface area contributed by atoms with Gasteiger partial charge in [-0.1, -0.05) is 270 Å². The molecule has 11 aromatic rings. The number of halogens is 4. The van der Waals surface area contributed by atoms with Crippen LogP contribution in [0.5, 0.6) is 0 Å². The number of aryl methyl sites for hydroxylation is 1. The topological polar surface area (TPSA) is 26.0 Å². The van der Waals surface area contributed by atoms with Gasteiger partial charge in [-0.05, 0) is 163 Å². The van der Waals surface area contributed by atoms with E-state index in [-0.39, 0.29) is 0 Å². The van der Waals surface area contributed by atoms with Crippen molar-refractivity contribution in [3.8, 4) is 77.9 Å². The van der Waals surface area contributed by atoms with Crippen molar-refractivity contribution in [1.29, 1.82) is 0 Å². The van der Waals surface area contributed by atoms with Crippen molar-refractivity contribution in [2.24, 2.45) is 0 Å². The van der Waals surface area contributed by atoms with Gasteiger partial charge in [-0.2, -0.15) is 0 Å². The van der Waals surface area contributed by atoms with Gasteiger partial charge >= 0.3 is 0 Å². The molecule has 74 heavy (non-hydrogen) atoms. The molecule has 7 heteroatoms. The minimum absolute atomic E-state index is 0.784. The molecule has 0 aliphatic carbocycles. The van der Waals surface area contributed by atoms with Gasteiger partial charge < -0.3 is 5.73 Å². The third-order valence-corrected chi connectivity index (χ3v) is 13.5. The zero-order chi connectivity index (χ0) is 52.1. The summed E-state index contributed by atoms with van der Waals surface area (Å²) in [5.74, 6) is 0. The summed E-state index contributed by atoms with van der Waals surface area (Å²) in [6, 6.07) is 97.0. The average Bonchev–Trinajstić information content (AvgIpc) is 3.45. The van der Waals surface area contributed by atoms with E-state index in [0.717, 1.165) is 23.6 Å². The number of anilines is 1. The predicted octanol–water partition coefficient (Wildman–Crippen LogP) is 20.6. The van der Waals surface area contributed by atoms with E-state index in [0.29, 0.717) is 0 Å². The van der Waals surface area contributed by atoms with E-state index in [1.165, 1.54) is 83.5 Å². The van der Waals surface area contributed by atoms with E-state index in [2.05, 4.69) is 311 Å². The first-order valence-corrected chi connectivity index (χ1v) is 27.0. The molecule has 358 valence electrons. The van der Waals surface area contributed by atoms with Crippen molar-refractivity contribution in [3.63, 3.8) is 0 Å². The number of hydrogen-bond acceptors (Lipinski definition) is 1. The van der Waals surface area contributed by atoms with Crippen LogP contribution in [0.3, 0.4) is 0 Å². The number of rotatable bonds is 7. The van der Waals surface area contributed by atoms with Gasteiger partial charge in [0.05, 0.1) is 0 Å². The third-order valence-electron chi connectivity index (χ3n) is 11.6. The van der Waals surface area contributed by atoms with Crippen LogP contribution in [0.25, 0.3) is 77.9 Å². The summed E-state index contributed by atoms with van der Waals surface area (Å²) >= 11 is 13.7. The molecule has 0 amide bonds.